The third-order valence-corrected chi connectivity index (χ3v) is 5.75. The summed E-state index contributed by atoms with van der Waals surface area (Å²) in [4.78, 5) is 19.8. The molecule has 2 aliphatic heterocycles. The first-order chi connectivity index (χ1) is 13.6. The highest BCUT2D eigenvalue weighted by atomic mass is 35.5. The summed E-state index contributed by atoms with van der Waals surface area (Å²) in [5.74, 6) is -0.137. The van der Waals surface area contributed by atoms with E-state index in [1.165, 1.54) is 17.4 Å². The molecular formula is C21H20ClN3O2S. The molecule has 1 amide bonds. The van der Waals surface area contributed by atoms with Crippen LogP contribution in [0.3, 0.4) is 0 Å². The fourth-order valence-electron chi connectivity index (χ4n) is 3.12. The maximum Gasteiger partial charge on any atom is 0.264 e. The zero-order chi connectivity index (χ0) is 19.5. The van der Waals surface area contributed by atoms with Crippen molar-refractivity contribution in [2.75, 3.05) is 31.2 Å². The second-order valence-electron chi connectivity index (χ2n) is 6.60. The molecule has 28 heavy (non-hydrogen) atoms. The molecule has 2 saturated heterocycles. The van der Waals surface area contributed by atoms with E-state index in [4.69, 9.17) is 16.3 Å². The van der Waals surface area contributed by atoms with Gasteiger partial charge in [0.15, 0.2) is 5.17 Å². The van der Waals surface area contributed by atoms with Gasteiger partial charge in [-0.15, -0.1) is 0 Å². The Morgan fingerprint density at radius 3 is 2.79 bits per heavy atom. The summed E-state index contributed by atoms with van der Waals surface area (Å²) >= 11 is 7.33. The molecule has 144 valence electrons. The number of thioether (sulfide) groups is 1. The van der Waals surface area contributed by atoms with Crippen molar-refractivity contribution in [2.24, 2.45) is 4.99 Å². The van der Waals surface area contributed by atoms with Gasteiger partial charge in [0, 0.05) is 23.8 Å². The zero-order valence-electron chi connectivity index (χ0n) is 15.4. The molecule has 2 heterocycles. The van der Waals surface area contributed by atoms with Gasteiger partial charge >= 0.3 is 0 Å². The number of ether oxygens (including phenoxy) is 1. The Bertz CT molecular complexity index is 968. The monoisotopic (exact) mass is 413 g/mol. The van der Waals surface area contributed by atoms with Crippen LogP contribution in [0.5, 0.6) is 0 Å². The minimum Gasteiger partial charge on any atom is -0.378 e. The number of benzene rings is 2. The smallest absolute Gasteiger partial charge is 0.264 e. The number of nitrogens with zero attached hydrogens (tertiary/aromatic N) is 2. The van der Waals surface area contributed by atoms with Crippen molar-refractivity contribution < 1.29 is 9.53 Å². The molecule has 0 spiro atoms. The number of aliphatic imine (C=N–C) groups is 1. The average Bonchev–Trinajstić information content (AvgIpc) is 3.03. The topological polar surface area (TPSA) is 53.9 Å². The predicted molar refractivity (Wildman–Crippen MR) is 116 cm³/mol. The molecule has 0 bridgehead atoms. The van der Waals surface area contributed by atoms with Gasteiger partial charge in [-0.05, 0) is 66.2 Å². The van der Waals surface area contributed by atoms with Gasteiger partial charge < -0.3 is 15.0 Å². The highest BCUT2D eigenvalue weighted by Crippen LogP contribution is 2.30. The standard InChI is InChI=1S/C21H20ClN3O2S/c1-14-11-18(25-7-9-27-10-8-25)6-5-15(14)12-19-20(26)24-21(28-19)23-17-4-2-3-16(22)13-17/h2-6,11-13H,7-10H2,1H3,(H,23,24,26)/b19-12-. The normalized spacial score (nSPS) is 20.1. The van der Waals surface area contributed by atoms with E-state index < -0.39 is 0 Å². The average molecular weight is 414 g/mol. The maximum atomic E-state index is 12.3. The minimum absolute atomic E-state index is 0.137. The molecule has 5 nitrogen and oxygen atoms in total. The number of anilines is 1. The summed E-state index contributed by atoms with van der Waals surface area (Å²) in [5, 5.41) is 3.99. The molecule has 0 atom stereocenters. The lowest BCUT2D eigenvalue weighted by molar-refractivity contribution is -0.115. The summed E-state index contributed by atoms with van der Waals surface area (Å²) in [6.07, 6.45) is 1.92. The fourth-order valence-corrected chi connectivity index (χ4v) is 4.14. The van der Waals surface area contributed by atoms with E-state index in [0.29, 0.717) is 20.8 Å². The molecule has 0 radical (unpaired) electrons. The SMILES string of the molecule is Cc1cc(N2CCOCC2)ccc1/C=C1\SC(=Nc2cccc(Cl)c2)NC1=O. The first-order valence-corrected chi connectivity index (χ1v) is 10.3. The van der Waals surface area contributed by atoms with E-state index >= 15 is 0 Å². The molecule has 0 saturated carbocycles. The third kappa shape index (κ3) is 4.41. The van der Waals surface area contributed by atoms with Crippen LogP contribution >= 0.6 is 23.4 Å². The molecule has 7 heteroatoms. The first kappa shape index (κ1) is 19.1. The summed E-state index contributed by atoms with van der Waals surface area (Å²) in [6.45, 7) is 5.39. The number of carbonyl (C=O) groups is 1. The molecule has 0 aliphatic carbocycles. The Balaban J connectivity index is 1.53. The van der Waals surface area contributed by atoms with Crippen LogP contribution in [0.2, 0.25) is 5.02 Å². The van der Waals surface area contributed by atoms with Crippen molar-refractivity contribution in [1.82, 2.24) is 5.32 Å². The number of hydrogen-bond acceptors (Lipinski definition) is 5. The van der Waals surface area contributed by atoms with Crippen molar-refractivity contribution in [1.29, 1.82) is 0 Å². The van der Waals surface area contributed by atoms with Crippen molar-refractivity contribution >= 4 is 51.9 Å². The molecule has 4 rings (SSSR count). The molecule has 2 fully saturated rings. The lowest BCUT2D eigenvalue weighted by atomic mass is 10.1. The number of carbonyl (C=O) groups excluding carboxylic acids is 1. The fraction of sp³-hybridized carbons (Fsp3) is 0.238. The van der Waals surface area contributed by atoms with Crippen molar-refractivity contribution in [3.05, 3.63) is 63.5 Å². The van der Waals surface area contributed by atoms with Crippen LogP contribution in [0, 0.1) is 6.92 Å². The summed E-state index contributed by atoms with van der Waals surface area (Å²) in [6, 6.07) is 13.6. The molecule has 1 N–H and O–H groups in total. The van der Waals surface area contributed by atoms with E-state index in [2.05, 4.69) is 40.3 Å². The zero-order valence-corrected chi connectivity index (χ0v) is 17.0. The predicted octanol–water partition coefficient (Wildman–Crippen LogP) is 4.38. The van der Waals surface area contributed by atoms with Crippen LogP contribution in [-0.4, -0.2) is 37.4 Å². The Hall–Kier alpha value is -2.28. The lowest BCUT2D eigenvalue weighted by Gasteiger charge is -2.29. The van der Waals surface area contributed by atoms with E-state index in [9.17, 15) is 4.79 Å². The Kier molecular flexibility index (Phi) is 5.71. The van der Waals surface area contributed by atoms with Gasteiger partial charge in [-0.3, -0.25) is 4.79 Å². The van der Waals surface area contributed by atoms with Crippen LogP contribution in [-0.2, 0) is 9.53 Å². The first-order valence-electron chi connectivity index (χ1n) is 9.07. The van der Waals surface area contributed by atoms with Crippen LogP contribution < -0.4 is 10.2 Å². The number of halogens is 1. The maximum absolute atomic E-state index is 12.3. The number of amidine groups is 1. The van der Waals surface area contributed by atoms with Gasteiger partial charge in [0.05, 0.1) is 23.8 Å². The van der Waals surface area contributed by atoms with Crippen LogP contribution in [0.25, 0.3) is 6.08 Å². The molecule has 2 aromatic rings. The number of morpholine rings is 1. The van der Waals surface area contributed by atoms with E-state index in [1.54, 1.807) is 12.1 Å². The molecule has 2 aromatic carbocycles. The number of nitrogens with one attached hydrogen (secondary N) is 1. The van der Waals surface area contributed by atoms with Crippen LogP contribution in [0.15, 0.2) is 52.4 Å². The second-order valence-corrected chi connectivity index (χ2v) is 8.07. The van der Waals surface area contributed by atoms with Gasteiger partial charge in [0.1, 0.15) is 0 Å². The van der Waals surface area contributed by atoms with Crippen LogP contribution in [0.4, 0.5) is 11.4 Å². The minimum atomic E-state index is -0.137. The molecular weight excluding hydrogens is 394 g/mol. The van der Waals surface area contributed by atoms with Crippen LogP contribution in [0.1, 0.15) is 11.1 Å². The van der Waals surface area contributed by atoms with Gasteiger partial charge in [0.2, 0.25) is 0 Å². The number of rotatable bonds is 3. The van der Waals surface area contributed by atoms with Gasteiger partial charge in [-0.2, -0.15) is 0 Å². The number of hydrogen-bond donors (Lipinski definition) is 1. The Morgan fingerprint density at radius 1 is 1.21 bits per heavy atom. The highest BCUT2D eigenvalue weighted by Gasteiger charge is 2.24. The lowest BCUT2D eigenvalue weighted by Crippen LogP contribution is -2.36. The summed E-state index contributed by atoms with van der Waals surface area (Å²) < 4.78 is 5.42. The summed E-state index contributed by atoms with van der Waals surface area (Å²) in [5.41, 5.74) is 4.06. The largest absolute Gasteiger partial charge is 0.378 e. The Labute approximate surface area is 173 Å². The molecule has 2 aliphatic rings. The van der Waals surface area contributed by atoms with Crippen molar-refractivity contribution in [2.45, 2.75) is 6.92 Å². The number of amides is 1. The quantitative estimate of drug-likeness (QED) is 0.759. The molecule has 0 aromatic heterocycles. The van der Waals surface area contributed by atoms with Gasteiger partial charge in [-0.25, -0.2) is 4.99 Å². The van der Waals surface area contributed by atoms with Crippen molar-refractivity contribution in [3.63, 3.8) is 0 Å². The Morgan fingerprint density at radius 2 is 2.04 bits per heavy atom. The highest BCUT2D eigenvalue weighted by molar-refractivity contribution is 8.18. The third-order valence-electron chi connectivity index (χ3n) is 4.61. The number of aryl methyl sites for hydroxylation is 1. The van der Waals surface area contributed by atoms with E-state index in [1.807, 2.05) is 18.2 Å². The summed E-state index contributed by atoms with van der Waals surface area (Å²) in [7, 11) is 0. The van der Waals surface area contributed by atoms with Gasteiger partial charge in [-0.1, -0.05) is 23.7 Å². The van der Waals surface area contributed by atoms with E-state index in [-0.39, 0.29) is 5.91 Å². The van der Waals surface area contributed by atoms with Gasteiger partial charge in [0.25, 0.3) is 5.91 Å². The molecule has 0 unspecified atom stereocenters. The second kappa shape index (κ2) is 8.39. The van der Waals surface area contributed by atoms with Crippen molar-refractivity contribution in [3.8, 4) is 0 Å². The van der Waals surface area contributed by atoms with E-state index in [0.717, 1.165) is 37.4 Å².